The van der Waals surface area contributed by atoms with Gasteiger partial charge in [0.15, 0.2) is 0 Å². The molecule has 78 valence electrons. The Morgan fingerprint density at radius 3 is 2.53 bits per heavy atom. The average Bonchev–Trinajstić information content (AvgIpc) is 2.27. The Kier molecular flexibility index (Phi) is 3.39. The van der Waals surface area contributed by atoms with Crippen molar-refractivity contribution in [2.75, 3.05) is 0 Å². The number of nitrogens with two attached hydrogens (primary N) is 1. The van der Waals surface area contributed by atoms with Crippen molar-refractivity contribution in [2.45, 2.75) is 12.0 Å². The Morgan fingerprint density at radius 2 is 2.07 bits per heavy atom. The molecule has 0 aliphatic rings. The molecule has 0 saturated heterocycles. The monoisotopic (exact) mass is 205 g/mol. The summed E-state index contributed by atoms with van der Waals surface area (Å²) in [7, 11) is 0. The van der Waals surface area contributed by atoms with Crippen molar-refractivity contribution in [3.63, 3.8) is 0 Å². The fraction of sp³-hybridized carbons (Fsp3) is 0.182. The Hall–Kier alpha value is -1.90. The molecule has 0 heterocycles. The summed E-state index contributed by atoms with van der Waals surface area (Å²) in [6, 6.07) is 8.40. The molecule has 0 unspecified atom stereocenters. The van der Waals surface area contributed by atoms with Gasteiger partial charge in [0, 0.05) is 12.5 Å². The molecule has 0 radical (unpaired) electrons. The zero-order chi connectivity index (χ0) is 11.3. The van der Waals surface area contributed by atoms with Gasteiger partial charge in [-0.15, -0.1) is 0 Å². The normalized spacial score (nSPS) is 13.7. The third-order valence-corrected chi connectivity index (χ3v) is 2.18. The van der Waals surface area contributed by atoms with Crippen LogP contribution in [0.4, 0.5) is 0 Å². The molecular weight excluding hydrogens is 194 g/mol. The minimum atomic E-state index is -1.56. The third-order valence-electron chi connectivity index (χ3n) is 2.18. The molecule has 1 atom stereocenters. The zero-order valence-corrected chi connectivity index (χ0v) is 8.01. The molecule has 4 heteroatoms. The quantitative estimate of drug-likeness (QED) is 0.709. The predicted molar refractivity (Wildman–Crippen MR) is 54.8 cm³/mol. The highest BCUT2D eigenvalue weighted by Crippen LogP contribution is 2.22. The standard InChI is InChI=1S/C11H11NO3/c12-11(10(14)15,7-4-8-13)9-5-2-1-3-6-9/h1-6H,7,12H2,(H,14,15)/t11-/m0/s1. The topological polar surface area (TPSA) is 80.4 Å². The van der Waals surface area contributed by atoms with Gasteiger partial charge in [0.25, 0.3) is 0 Å². The summed E-state index contributed by atoms with van der Waals surface area (Å²) in [5.74, 6) is 0.363. The highest BCUT2D eigenvalue weighted by atomic mass is 16.4. The van der Waals surface area contributed by atoms with E-state index in [0.717, 1.165) is 6.08 Å². The summed E-state index contributed by atoms with van der Waals surface area (Å²) in [5.41, 5.74) is 4.64. The molecule has 3 N–H and O–H groups in total. The molecule has 0 aliphatic heterocycles. The number of carboxylic acid groups (broad SMARTS) is 1. The number of carbonyl (C=O) groups excluding carboxylic acids is 1. The van der Waals surface area contributed by atoms with Gasteiger partial charge in [-0.05, 0) is 5.56 Å². The first-order valence-corrected chi connectivity index (χ1v) is 4.38. The summed E-state index contributed by atoms with van der Waals surface area (Å²) in [6.45, 7) is 0. The second-order valence-electron chi connectivity index (χ2n) is 3.17. The number of hydrogen-bond donors (Lipinski definition) is 2. The van der Waals surface area contributed by atoms with Crippen molar-refractivity contribution in [1.29, 1.82) is 0 Å². The summed E-state index contributed by atoms with van der Waals surface area (Å²) in [5, 5.41) is 9.04. The van der Waals surface area contributed by atoms with E-state index in [-0.39, 0.29) is 6.42 Å². The molecule has 1 rings (SSSR count). The Labute approximate surface area is 87.0 Å². The van der Waals surface area contributed by atoms with Crippen LogP contribution in [-0.4, -0.2) is 17.0 Å². The number of carboxylic acids is 1. The fourth-order valence-corrected chi connectivity index (χ4v) is 1.27. The predicted octanol–water partition coefficient (Wildman–Crippen LogP) is 0.703. The van der Waals surface area contributed by atoms with E-state index in [1.807, 2.05) is 0 Å². The highest BCUT2D eigenvalue weighted by Gasteiger charge is 2.34. The fourth-order valence-electron chi connectivity index (χ4n) is 1.27. The van der Waals surface area contributed by atoms with Gasteiger partial charge in [0.2, 0.25) is 0 Å². The summed E-state index contributed by atoms with van der Waals surface area (Å²) < 4.78 is 0. The second kappa shape index (κ2) is 4.55. The molecule has 0 aromatic heterocycles. The van der Waals surface area contributed by atoms with Gasteiger partial charge in [-0.25, -0.2) is 9.59 Å². The average molecular weight is 205 g/mol. The van der Waals surface area contributed by atoms with Crippen LogP contribution in [0.15, 0.2) is 36.4 Å². The van der Waals surface area contributed by atoms with Crippen molar-refractivity contribution < 1.29 is 14.7 Å². The first kappa shape index (κ1) is 11.2. The minimum absolute atomic E-state index is 0.0736. The lowest BCUT2D eigenvalue weighted by molar-refractivity contribution is -0.143. The zero-order valence-electron chi connectivity index (χ0n) is 8.01. The molecule has 0 amide bonds. The maximum atomic E-state index is 11.1. The minimum Gasteiger partial charge on any atom is -0.480 e. The smallest absolute Gasteiger partial charge is 0.328 e. The number of rotatable bonds is 4. The lowest BCUT2D eigenvalue weighted by Gasteiger charge is -2.23. The highest BCUT2D eigenvalue weighted by molar-refractivity contribution is 5.81. The van der Waals surface area contributed by atoms with Crippen LogP contribution in [0.3, 0.4) is 0 Å². The van der Waals surface area contributed by atoms with Gasteiger partial charge in [0.05, 0.1) is 0 Å². The van der Waals surface area contributed by atoms with E-state index in [1.165, 1.54) is 5.94 Å². The SMILES string of the molecule is N[C@](CC=C=O)(C(=O)O)c1ccccc1. The van der Waals surface area contributed by atoms with Crippen LogP contribution in [0, 0.1) is 0 Å². The van der Waals surface area contributed by atoms with Gasteiger partial charge in [-0.3, -0.25) is 0 Å². The molecule has 4 nitrogen and oxygen atoms in total. The van der Waals surface area contributed by atoms with Crippen LogP contribution in [0.5, 0.6) is 0 Å². The van der Waals surface area contributed by atoms with Gasteiger partial charge in [-0.2, -0.15) is 0 Å². The van der Waals surface area contributed by atoms with Crippen molar-refractivity contribution >= 4 is 11.9 Å². The molecule has 0 spiro atoms. The Morgan fingerprint density at radius 1 is 1.47 bits per heavy atom. The van der Waals surface area contributed by atoms with Crippen molar-refractivity contribution in [2.24, 2.45) is 5.73 Å². The van der Waals surface area contributed by atoms with E-state index in [9.17, 15) is 9.59 Å². The van der Waals surface area contributed by atoms with Crippen LogP contribution in [0.25, 0.3) is 0 Å². The van der Waals surface area contributed by atoms with E-state index in [4.69, 9.17) is 10.8 Å². The van der Waals surface area contributed by atoms with Gasteiger partial charge in [0.1, 0.15) is 11.5 Å². The first-order valence-electron chi connectivity index (χ1n) is 4.38. The van der Waals surface area contributed by atoms with Crippen LogP contribution in [-0.2, 0) is 15.1 Å². The first-order chi connectivity index (χ1) is 7.11. The van der Waals surface area contributed by atoms with Gasteiger partial charge in [-0.1, -0.05) is 30.3 Å². The Balaban J connectivity index is 3.12. The summed E-state index contributed by atoms with van der Waals surface area (Å²) in [4.78, 5) is 21.1. The van der Waals surface area contributed by atoms with Gasteiger partial charge >= 0.3 is 5.97 Å². The van der Waals surface area contributed by atoms with E-state index < -0.39 is 11.5 Å². The molecule has 0 fully saturated rings. The van der Waals surface area contributed by atoms with Crippen LogP contribution >= 0.6 is 0 Å². The van der Waals surface area contributed by atoms with Crippen LogP contribution in [0.2, 0.25) is 0 Å². The Bertz CT molecular complexity index is 396. The van der Waals surface area contributed by atoms with E-state index >= 15 is 0 Å². The number of aliphatic carboxylic acids is 1. The molecule has 0 saturated carbocycles. The van der Waals surface area contributed by atoms with Crippen LogP contribution < -0.4 is 5.73 Å². The van der Waals surface area contributed by atoms with E-state index in [1.54, 1.807) is 30.3 Å². The summed E-state index contributed by atoms with van der Waals surface area (Å²) >= 11 is 0. The third kappa shape index (κ3) is 2.31. The largest absolute Gasteiger partial charge is 0.480 e. The lowest BCUT2D eigenvalue weighted by Crippen LogP contribution is -2.44. The van der Waals surface area contributed by atoms with Crippen molar-refractivity contribution in [1.82, 2.24) is 0 Å². The molecule has 1 aromatic carbocycles. The maximum absolute atomic E-state index is 11.1. The number of carbonyl (C=O) groups is 1. The van der Waals surface area contributed by atoms with E-state index in [2.05, 4.69) is 0 Å². The number of hydrogen-bond acceptors (Lipinski definition) is 3. The van der Waals surface area contributed by atoms with Crippen molar-refractivity contribution in [3.8, 4) is 0 Å². The molecule has 1 aromatic rings. The molecule has 0 aliphatic carbocycles. The lowest BCUT2D eigenvalue weighted by atomic mass is 9.88. The van der Waals surface area contributed by atoms with Gasteiger partial charge < -0.3 is 10.8 Å². The number of benzene rings is 1. The second-order valence-corrected chi connectivity index (χ2v) is 3.17. The van der Waals surface area contributed by atoms with E-state index in [0.29, 0.717) is 5.56 Å². The molecular formula is C11H11NO3. The summed E-state index contributed by atoms with van der Waals surface area (Å²) in [6.07, 6.45) is 1.01. The molecule has 0 bridgehead atoms. The maximum Gasteiger partial charge on any atom is 0.328 e. The molecule has 15 heavy (non-hydrogen) atoms. The van der Waals surface area contributed by atoms with Crippen LogP contribution in [0.1, 0.15) is 12.0 Å². The van der Waals surface area contributed by atoms with Crippen molar-refractivity contribution in [3.05, 3.63) is 42.0 Å².